The minimum absolute atomic E-state index is 0.0518. The molecule has 2 aliphatic heterocycles. The molecule has 7 nitrogen and oxygen atoms in total. The molecule has 1 spiro atoms. The molecule has 34 heavy (non-hydrogen) atoms. The number of hydrogen-bond acceptors (Lipinski definition) is 4. The van der Waals surface area contributed by atoms with Crippen LogP contribution in [0.1, 0.15) is 43.1 Å². The van der Waals surface area contributed by atoms with E-state index in [2.05, 4.69) is 15.3 Å². The van der Waals surface area contributed by atoms with Crippen molar-refractivity contribution in [2.75, 3.05) is 18.0 Å². The summed E-state index contributed by atoms with van der Waals surface area (Å²) in [5.74, 6) is -0.257. The Bertz CT molecular complexity index is 1160. The number of amides is 3. The van der Waals surface area contributed by atoms with Gasteiger partial charge in [-0.1, -0.05) is 18.2 Å². The molecule has 0 radical (unpaired) electrons. The van der Waals surface area contributed by atoms with E-state index in [1.54, 1.807) is 40.5 Å². The van der Waals surface area contributed by atoms with Crippen molar-refractivity contribution in [2.24, 2.45) is 5.41 Å². The summed E-state index contributed by atoms with van der Waals surface area (Å²) in [6.45, 7) is 2.81. The highest BCUT2D eigenvalue weighted by atomic mass is 19.1. The number of nitrogens with zero attached hydrogens (tertiary/aromatic N) is 4. The van der Waals surface area contributed by atoms with E-state index < -0.39 is 5.41 Å². The van der Waals surface area contributed by atoms with Crippen LogP contribution in [-0.4, -0.2) is 39.9 Å². The van der Waals surface area contributed by atoms with Gasteiger partial charge in [-0.3, -0.25) is 14.8 Å². The number of anilines is 1. The van der Waals surface area contributed by atoms with Gasteiger partial charge in [0.15, 0.2) is 0 Å². The third-order valence-electron chi connectivity index (χ3n) is 6.97. The summed E-state index contributed by atoms with van der Waals surface area (Å²) in [7, 11) is 0. The number of carbonyl (C=O) groups is 2. The Morgan fingerprint density at radius 1 is 1.09 bits per heavy atom. The molecule has 174 valence electrons. The maximum Gasteiger partial charge on any atom is 0.317 e. The largest absolute Gasteiger partial charge is 0.331 e. The second kappa shape index (κ2) is 8.85. The summed E-state index contributed by atoms with van der Waals surface area (Å²) in [5.41, 5.74) is 1.83. The lowest BCUT2D eigenvalue weighted by molar-refractivity contribution is -0.144. The molecule has 3 aromatic rings. The molecule has 2 aliphatic rings. The van der Waals surface area contributed by atoms with Gasteiger partial charge in [0.25, 0.3) is 0 Å². The Labute approximate surface area is 197 Å². The van der Waals surface area contributed by atoms with Crippen LogP contribution in [0.4, 0.5) is 14.9 Å². The predicted molar refractivity (Wildman–Crippen MR) is 125 cm³/mol. The number of urea groups is 1. The van der Waals surface area contributed by atoms with E-state index in [-0.39, 0.29) is 29.8 Å². The first-order chi connectivity index (χ1) is 16.5. The maximum atomic E-state index is 13.5. The number of benzene rings is 1. The van der Waals surface area contributed by atoms with Crippen LogP contribution in [-0.2, 0) is 4.79 Å². The lowest BCUT2D eigenvalue weighted by Gasteiger charge is -2.58. The summed E-state index contributed by atoms with van der Waals surface area (Å²) in [6.07, 6.45) is 6.24. The van der Waals surface area contributed by atoms with Gasteiger partial charge >= 0.3 is 6.03 Å². The number of nitrogens with one attached hydrogen (secondary N) is 1. The normalized spacial score (nSPS) is 20.1. The van der Waals surface area contributed by atoms with Crippen molar-refractivity contribution >= 4 is 17.6 Å². The Morgan fingerprint density at radius 3 is 2.50 bits per heavy atom. The van der Waals surface area contributed by atoms with Crippen LogP contribution in [0.25, 0.3) is 0 Å². The lowest BCUT2D eigenvalue weighted by atomic mass is 9.63. The summed E-state index contributed by atoms with van der Waals surface area (Å²) in [4.78, 5) is 38.7. The highest BCUT2D eigenvalue weighted by Gasteiger charge is 2.62. The van der Waals surface area contributed by atoms with Crippen molar-refractivity contribution in [3.63, 3.8) is 0 Å². The number of aromatic nitrogens is 2. The van der Waals surface area contributed by atoms with Gasteiger partial charge in [0.05, 0.1) is 35.1 Å². The zero-order valence-electron chi connectivity index (χ0n) is 18.9. The van der Waals surface area contributed by atoms with E-state index in [1.165, 1.54) is 12.1 Å². The van der Waals surface area contributed by atoms with Gasteiger partial charge in [-0.2, -0.15) is 0 Å². The Balaban J connectivity index is 1.31. The minimum atomic E-state index is -0.594. The van der Waals surface area contributed by atoms with E-state index in [0.29, 0.717) is 25.9 Å². The van der Waals surface area contributed by atoms with Gasteiger partial charge in [0.1, 0.15) is 5.82 Å². The van der Waals surface area contributed by atoms with E-state index in [1.807, 2.05) is 37.3 Å². The molecule has 2 atom stereocenters. The number of hydrogen-bond donors (Lipinski definition) is 1. The van der Waals surface area contributed by atoms with Crippen LogP contribution >= 0.6 is 0 Å². The quantitative estimate of drug-likeness (QED) is 0.592. The van der Waals surface area contributed by atoms with Gasteiger partial charge < -0.3 is 15.1 Å². The molecule has 0 saturated carbocycles. The standard InChI is InChI=1S/C26H26FN5O2/c1-18(19-7-9-20(27)10-8-19)30-25(34)31-15-11-26(12-16-31)23(22-6-2-3-14-29-22)32(24(26)33)21-5-4-13-28-17-21/h2-10,13-14,17-18,23H,11-12,15-16H2,1H3,(H,30,34)/t18-,23?/m0/s1. The number of halogens is 1. The molecule has 3 amide bonds. The molecular weight excluding hydrogens is 433 g/mol. The number of piperidine rings is 1. The van der Waals surface area contributed by atoms with Gasteiger partial charge in [0.2, 0.25) is 5.91 Å². The Hall–Kier alpha value is -3.81. The number of rotatable bonds is 4. The van der Waals surface area contributed by atoms with Crippen LogP contribution in [0.3, 0.4) is 0 Å². The van der Waals surface area contributed by atoms with Crippen LogP contribution in [0.5, 0.6) is 0 Å². The zero-order valence-corrected chi connectivity index (χ0v) is 18.9. The molecule has 0 bridgehead atoms. The Morgan fingerprint density at radius 2 is 1.85 bits per heavy atom. The van der Waals surface area contributed by atoms with E-state index in [9.17, 15) is 14.0 Å². The molecule has 2 fully saturated rings. The number of β-lactam (4-membered cyclic amide) rings is 1. The molecule has 1 N–H and O–H groups in total. The fourth-order valence-corrected chi connectivity index (χ4v) is 5.08. The first-order valence-electron chi connectivity index (χ1n) is 11.5. The van der Waals surface area contributed by atoms with E-state index in [0.717, 1.165) is 16.9 Å². The summed E-state index contributed by atoms with van der Waals surface area (Å²) < 4.78 is 13.2. The highest BCUT2D eigenvalue weighted by Crippen LogP contribution is 2.56. The molecule has 4 heterocycles. The topological polar surface area (TPSA) is 78.4 Å². The number of pyridine rings is 2. The monoisotopic (exact) mass is 459 g/mol. The summed E-state index contributed by atoms with van der Waals surface area (Å²) in [5, 5.41) is 2.99. The third-order valence-corrected chi connectivity index (χ3v) is 6.97. The first-order valence-corrected chi connectivity index (χ1v) is 11.5. The van der Waals surface area contributed by atoms with Crippen LogP contribution < -0.4 is 10.2 Å². The lowest BCUT2D eigenvalue weighted by Crippen LogP contribution is -2.67. The number of likely N-dealkylation sites (tertiary alicyclic amines) is 1. The van der Waals surface area contributed by atoms with Crippen molar-refractivity contribution in [1.29, 1.82) is 0 Å². The molecule has 2 aromatic heterocycles. The second-order valence-corrected chi connectivity index (χ2v) is 8.91. The van der Waals surface area contributed by atoms with Crippen LogP contribution in [0.2, 0.25) is 0 Å². The third kappa shape index (κ3) is 3.79. The molecule has 0 aliphatic carbocycles. The summed E-state index contributed by atoms with van der Waals surface area (Å²) in [6, 6.07) is 14.9. The minimum Gasteiger partial charge on any atom is -0.331 e. The fraction of sp³-hybridized carbons (Fsp3) is 0.308. The smallest absolute Gasteiger partial charge is 0.317 e. The molecule has 1 aromatic carbocycles. The van der Waals surface area contributed by atoms with Crippen molar-refractivity contribution in [1.82, 2.24) is 20.2 Å². The van der Waals surface area contributed by atoms with E-state index >= 15 is 0 Å². The van der Waals surface area contributed by atoms with Gasteiger partial charge in [-0.25, -0.2) is 9.18 Å². The number of carbonyl (C=O) groups excluding carboxylic acids is 2. The van der Waals surface area contributed by atoms with E-state index in [4.69, 9.17) is 0 Å². The van der Waals surface area contributed by atoms with Crippen LogP contribution in [0, 0.1) is 11.2 Å². The maximum absolute atomic E-state index is 13.5. The van der Waals surface area contributed by atoms with Gasteiger partial charge in [0, 0.05) is 25.5 Å². The molecule has 5 rings (SSSR count). The SMILES string of the molecule is C[C@H](NC(=O)N1CCC2(CC1)C(=O)N(c1cccnc1)C2c1ccccn1)c1ccc(F)cc1. The average molecular weight is 460 g/mol. The highest BCUT2D eigenvalue weighted by molar-refractivity contribution is 6.06. The molecule has 8 heteroatoms. The second-order valence-electron chi connectivity index (χ2n) is 8.91. The molecule has 2 saturated heterocycles. The average Bonchev–Trinajstić information content (AvgIpc) is 2.88. The van der Waals surface area contributed by atoms with Gasteiger partial charge in [-0.05, 0) is 61.7 Å². The summed E-state index contributed by atoms with van der Waals surface area (Å²) >= 11 is 0. The predicted octanol–water partition coefficient (Wildman–Crippen LogP) is 4.26. The Kier molecular flexibility index (Phi) is 5.73. The van der Waals surface area contributed by atoms with Crippen LogP contribution in [0.15, 0.2) is 73.2 Å². The zero-order chi connectivity index (χ0) is 23.7. The van der Waals surface area contributed by atoms with Crippen molar-refractivity contribution in [3.05, 3.63) is 90.3 Å². The fourth-order valence-electron chi connectivity index (χ4n) is 5.08. The van der Waals surface area contributed by atoms with Crippen molar-refractivity contribution < 1.29 is 14.0 Å². The molecular formula is C26H26FN5O2. The first kappa shape index (κ1) is 22.0. The van der Waals surface area contributed by atoms with Crippen molar-refractivity contribution in [2.45, 2.75) is 31.8 Å². The van der Waals surface area contributed by atoms with Crippen molar-refractivity contribution in [3.8, 4) is 0 Å². The van der Waals surface area contributed by atoms with Gasteiger partial charge in [-0.15, -0.1) is 0 Å². The molecule has 1 unspecified atom stereocenters.